The maximum absolute atomic E-state index is 12.5. The third kappa shape index (κ3) is 4.09. The maximum atomic E-state index is 12.5. The molecule has 0 aliphatic heterocycles. The summed E-state index contributed by atoms with van der Waals surface area (Å²) in [4.78, 5) is 0.199. The van der Waals surface area contributed by atoms with E-state index in [1.165, 1.54) is 0 Å². The summed E-state index contributed by atoms with van der Waals surface area (Å²) >= 11 is 10.0. The lowest BCUT2D eigenvalue weighted by Gasteiger charge is -2.11. The Kier molecular flexibility index (Phi) is 5.51. The van der Waals surface area contributed by atoms with E-state index in [-0.39, 0.29) is 4.90 Å². The molecule has 0 radical (unpaired) electrons. The van der Waals surface area contributed by atoms with Gasteiger partial charge in [0, 0.05) is 20.0 Å². The molecule has 0 fully saturated rings. The summed E-state index contributed by atoms with van der Waals surface area (Å²) < 4.78 is 28.8. The number of alkyl halides is 1. The Morgan fingerprint density at radius 2 is 1.67 bits per heavy atom. The van der Waals surface area contributed by atoms with Gasteiger partial charge in [-0.1, -0.05) is 44.0 Å². The molecular weight excluding hydrogens is 486 g/mol. The predicted molar refractivity (Wildman–Crippen MR) is 96.5 cm³/mol. The summed E-state index contributed by atoms with van der Waals surface area (Å²) in [5.74, 6) is 0. The zero-order chi connectivity index (χ0) is 15.6. The molecule has 0 unspecified atom stereocenters. The van der Waals surface area contributed by atoms with Crippen LogP contribution in [0.15, 0.2) is 50.2 Å². The first-order valence-corrected chi connectivity index (χ1v) is 10.2. The van der Waals surface area contributed by atoms with Gasteiger partial charge in [0.1, 0.15) is 4.90 Å². The second-order valence-corrected chi connectivity index (χ2v) is 8.39. The number of hydrogen-bond acceptors (Lipinski definition) is 2. The van der Waals surface area contributed by atoms with E-state index in [1.54, 1.807) is 24.3 Å². The highest BCUT2D eigenvalue weighted by Gasteiger charge is 2.19. The first-order valence-electron chi connectivity index (χ1n) is 5.97. The Morgan fingerprint density at radius 1 is 1.05 bits per heavy atom. The lowest BCUT2D eigenvalue weighted by Crippen LogP contribution is -2.13. The van der Waals surface area contributed by atoms with Crippen LogP contribution in [-0.2, 0) is 15.4 Å². The summed E-state index contributed by atoms with van der Waals surface area (Å²) in [6.45, 7) is 1.90. The molecule has 0 bridgehead atoms. The van der Waals surface area contributed by atoms with Gasteiger partial charge in [0.15, 0.2) is 0 Å². The summed E-state index contributed by atoms with van der Waals surface area (Å²) in [5, 5.41) is 0.733. The fourth-order valence-electron chi connectivity index (χ4n) is 1.71. The number of hydrogen-bond donors (Lipinski definition) is 1. The molecular formula is C14H12Br3NO2S. The molecule has 1 N–H and O–H groups in total. The van der Waals surface area contributed by atoms with Gasteiger partial charge in [-0.3, -0.25) is 4.72 Å². The molecule has 0 atom stereocenters. The van der Waals surface area contributed by atoms with Crippen molar-refractivity contribution in [1.82, 2.24) is 0 Å². The predicted octanol–water partition coefficient (Wildman–Crippen LogP) is 5.22. The lowest BCUT2D eigenvalue weighted by atomic mass is 10.2. The highest BCUT2D eigenvalue weighted by Crippen LogP contribution is 2.30. The van der Waals surface area contributed by atoms with E-state index < -0.39 is 10.0 Å². The van der Waals surface area contributed by atoms with Gasteiger partial charge in [-0.05, 0) is 58.2 Å². The molecule has 0 saturated carbocycles. The normalized spacial score (nSPS) is 11.4. The quantitative estimate of drug-likeness (QED) is 0.589. The van der Waals surface area contributed by atoms with Gasteiger partial charge in [0.05, 0.1) is 0 Å². The Bertz CT molecular complexity index is 759. The Morgan fingerprint density at radius 3 is 2.24 bits per heavy atom. The highest BCUT2D eigenvalue weighted by atomic mass is 79.9. The van der Waals surface area contributed by atoms with Crippen LogP contribution in [0.25, 0.3) is 0 Å². The van der Waals surface area contributed by atoms with Crippen molar-refractivity contribution in [1.29, 1.82) is 0 Å². The monoisotopic (exact) mass is 495 g/mol. The number of halogens is 3. The summed E-state index contributed by atoms with van der Waals surface area (Å²) in [6.07, 6.45) is 0. The molecule has 7 heteroatoms. The standard InChI is InChI=1S/C14H12Br3NO2S/c1-9-6-13(17)14(7-12(9)16)21(19,20)18-11-4-2-10(8-15)3-5-11/h2-7,18H,8H2,1H3. The van der Waals surface area contributed by atoms with Crippen LogP contribution in [0.1, 0.15) is 11.1 Å². The smallest absolute Gasteiger partial charge is 0.263 e. The molecule has 0 saturated heterocycles. The molecule has 3 nitrogen and oxygen atoms in total. The number of anilines is 1. The molecule has 2 rings (SSSR count). The van der Waals surface area contributed by atoms with Crippen molar-refractivity contribution in [2.24, 2.45) is 0 Å². The van der Waals surface area contributed by atoms with Crippen molar-refractivity contribution in [2.45, 2.75) is 17.1 Å². The molecule has 0 heterocycles. The Hall–Kier alpha value is -0.370. The maximum Gasteiger partial charge on any atom is 0.263 e. The summed E-state index contributed by atoms with van der Waals surface area (Å²) in [5.41, 5.74) is 2.57. The van der Waals surface area contributed by atoms with Gasteiger partial charge in [0.2, 0.25) is 0 Å². The molecule has 0 aliphatic carbocycles. The van der Waals surface area contributed by atoms with Crippen molar-refractivity contribution in [3.8, 4) is 0 Å². The molecule has 0 spiro atoms. The van der Waals surface area contributed by atoms with E-state index in [1.807, 2.05) is 19.1 Å². The topological polar surface area (TPSA) is 46.2 Å². The molecule has 0 amide bonds. The van der Waals surface area contributed by atoms with E-state index in [4.69, 9.17) is 0 Å². The SMILES string of the molecule is Cc1cc(Br)c(S(=O)(=O)Nc2ccc(CBr)cc2)cc1Br. The van der Waals surface area contributed by atoms with E-state index in [0.29, 0.717) is 10.2 Å². The minimum atomic E-state index is -3.64. The fourth-order valence-corrected chi connectivity index (χ4v) is 4.82. The number of nitrogens with one attached hydrogen (secondary N) is 1. The minimum absolute atomic E-state index is 0.199. The first kappa shape index (κ1) is 17.0. The second-order valence-electron chi connectivity index (χ2n) is 4.47. The highest BCUT2D eigenvalue weighted by molar-refractivity contribution is 9.11. The first-order chi connectivity index (χ1) is 9.83. The zero-order valence-electron chi connectivity index (χ0n) is 11.0. The van der Waals surface area contributed by atoms with Gasteiger partial charge in [0.25, 0.3) is 10.0 Å². The van der Waals surface area contributed by atoms with Crippen LogP contribution < -0.4 is 4.72 Å². The van der Waals surface area contributed by atoms with E-state index in [0.717, 1.165) is 20.9 Å². The van der Waals surface area contributed by atoms with Crippen LogP contribution in [0.3, 0.4) is 0 Å². The van der Waals surface area contributed by atoms with Crippen LogP contribution in [0.4, 0.5) is 5.69 Å². The van der Waals surface area contributed by atoms with Crippen molar-refractivity contribution in [3.05, 3.63) is 56.5 Å². The number of sulfonamides is 1. The fraction of sp³-hybridized carbons (Fsp3) is 0.143. The minimum Gasteiger partial charge on any atom is -0.280 e. The molecule has 112 valence electrons. The van der Waals surface area contributed by atoms with Gasteiger partial charge >= 0.3 is 0 Å². The Balaban J connectivity index is 2.35. The molecule has 0 aliphatic rings. The van der Waals surface area contributed by atoms with Crippen molar-refractivity contribution < 1.29 is 8.42 Å². The summed E-state index contributed by atoms with van der Waals surface area (Å²) in [6, 6.07) is 10.6. The largest absolute Gasteiger partial charge is 0.280 e. The molecule has 2 aromatic carbocycles. The van der Waals surface area contributed by atoms with E-state index in [2.05, 4.69) is 52.5 Å². The van der Waals surface area contributed by atoms with Crippen LogP contribution in [0, 0.1) is 6.92 Å². The van der Waals surface area contributed by atoms with Gasteiger partial charge in [-0.25, -0.2) is 8.42 Å². The second kappa shape index (κ2) is 6.81. The van der Waals surface area contributed by atoms with Crippen molar-refractivity contribution >= 4 is 63.5 Å². The zero-order valence-corrected chi connectivity index (χ0v) is 16.6. The van der Waals surface area contributed by atoms with Gasteiger partial charge < -0.3 is 0 Å². The van der Waals surface area contributed by atoms with Crippen LogP contribution in [0.5, 0.6) is 0 Å². The summed E-state index contributed by atoms with van der Waals surface area (Å²) in [7, 11) is -3.64. The van der Waals surface area contributed by atoms with Crippen LogP contribution >= 0.6 is 47.8 Å². The molecule has 2 aromatic rings. The van der Waals surface area contributed by atoms with E-state index in [9.17, 15) is 8.42 Å². The van der Waals surface area contributed by atoms with Gasteiger partial charge in [-0.2, -0.15) is 0 Å². The Labute approximate surface area is 149 Å². The molecule has 21 heavy (non-hydrogen) atoms. The third-order valence-electron chi connectivity index (χ3n) is 2.86. The number of benzene rings is 2. The van der Waals surface area contributed by atoms with E-state index >= 15 is 0 Å². The number of aryl methyl sites for hydroxylation is 1. The van der Waals surface area contributed by atoms with Crippen molar-refractivity contribution in [3.63, 3.8) is 0 Å². The number of rotatable bonds is 4. The third-order valence-corrected chi connectivity index (χ3v) is 6.70. The van der Waals surface area contributed by atoms with Gasteiger partial charge in [-0.15, -0.1) is 0 Å². The average Bonchev–Trinajstić information content (AvgIpc) is 2.43. The molecule has 0 aromatic heterocycles. The van der Waals surface area contributed by atoms with Crippen molar-refractivity contribution in [2.75, 3.05) is 4.72 Å². The van der Waals surface area contributed by atoms with Crippen LogP contribution in [-0.4, -0.2) is 8.42 Å². The van der Waals surface area contributed by atoms with Crippen LogP contribution in [0.2, 0.25) is 0 Å². The average molecular weight is 498 g/mol. The lowest BCUT2D eigenvalue weighted by molar-refractivity contribution is 0.600.